The van der Waals surface area contributed by atoms with Crippen LogP contribution in [0.5, 0.6) is 6.01 Å². The van der Waals surface area contributed by atoms with Gasteiger partial charge in [0.15, 0.2) is 5.82 Å². The maximum Gasteiger partial charge on any atom is 0.319 e. The molecule has 0 radical (unpaired) electrons. The second-order valence-electron chi connectivity index (χ2n) is 13.6. The summed E-state index contributed by atoms with van der Waals surface area (Å²) in [5.41, 5.74) is 7.67. The van der Waals surface area contributed by atoms with Gasteiger partial charge in [0.25, 0.3) is 0 Å². The van der Waals surface area contributed by atoms with E-state index in [1.807, 2.05) is 0 Å². The predicted molar refractivity (Wildman–Crippen MR) is 172 cm³/mol. The van der Waals surface area contributed by atoms with Crippen molar-refractivity contribution in [3.63, 3.8) is 0 Å². The average molecular weight is 655 g/mol. The topological polar surface area (TPSA) is 79.5 Å². The fraction of sp³-hybridized carbons (Fsp3) is 0.515. The highest BCUT2D eigenvalue weighted by Gasteiger charge is 2.49. The predicted octanol–water partition coefficient (Wildman–Crippen LogP) is 6.80. The molecule has 4 aliphatic heterocycles. The van der Waals surface area contributed by atoms with Crippen molar-refractivity contribution < 1.29 is 17.9 Å². The molecule has 7 nitrogen and oxygen atoms in total. The highest BCUT2D eigenvalue weighted by molar-refractivity contribution is 7.23. The van der Waals surface area contributed by atoms with Crippen LogP contribution in [0.3, 0.4) is 0 Å². The zero-order valence-electron chi connectivity index (χ0n) is 24.7. The minimum atomic E-state index is -0.889. The van der Waals surface area contributed by atoms with Crippen molar-refractivity contribution in [2.45, 2.75) is 74.7 Å². The van der Waals surface area contributed by atoms with E-state index in [4.69, 9.17) is 27.1 Å². The summed E-state index contributed by atoms with van der Waals surface area (Å²) in [5.74, 6) is -0.174. The van der Waals surface area contributed by atoms with Gasteiger partial charge in [-0.3, -0.25) is 4.90 Å². The lowest BCUT2D eigenvalue weighted by atomic mass is 9.95. The summed E-state index contributed by atoms with van der Waals surface area (Å²) in [6.07, 6.45) is 5.43. The van der Waals surface area contributed by atoms with E-state index in [1.54, 1.807) is 12.1 Å². The third-order valence-corrected chi connectivity index (χ3v) is 12.0. The zero-order valence-corrected chi connectivity index (χ0v) is 26.3. The molecule has 5 fully saturated rings. The first kappa shape index (κ1) is 28.4. The van der Waals surface area contributed by atoms with Crippen molar-refractivity contribution in [1.82, 2.24) is 20.2 Å². The molecule has 2 aromatic carbocycles. The molecule has 4 saturated heterocycles. The van der Waals surface area contributed by atoms with Crippen molar-refractivity contribution in [2.24, 2.45) is 0 Å². The summed E-state index contributed by atoms with van der Waals surface area (Å²) in [7, 11) is 0. The summed E-state index contributed by atoms with van der Waals surface area (Å²) in [4.78, 5) is 13.9. The van der Waals surface area contributed by atoms with Gasteiger partial charge >= 0.3 is 6.01 Å². The number of nitrogen functional groups attached to an aromatic ring is 1. The van der Waals surface area contributed by atoms with Crippen molar-refractivity contribution >= 4 is 54.7 Å². The second-order valence-corrected chi connectivity index (χ2v) is 15.1. The number of ether oxygens (including phenoxy) is 1. The number of hydrogen-bond donors (Lipinski definition) is 2. The van der Waals surface area contributed by atoms with E-state index >= 15 is 8.78 Å². The maximum atomic E-state index is 17.1. The summed E-state index contributed by atoms with van der Waals surface area (Å²) in [5, 5.41) is 5.55. The molecule has 3 unspecified atom stereocenters. The molecular formula is C33H34ClF3N6OS. The molecule has 1 aliphatic carbocycles. The van der Waals surface area contributed by atoms with Crippen LogP contribution in [0.15, 0.2) is 18.2 Å². The average Bonchev–Trinajstić information content (AvgIpc) is 3.39. The van der Waals surface area contributed by atoms with Gasteiger partial charge in [0.1, 0.15) is 29.9 Å². The summed E-state index contributed by atoms with van der Waals surface area (Å²) >= 11 is 8.16. The molecule has 12 heteroatoms. The quantitative estimate of drug-likeness (QED) is 0.237. The third-order valence-electron chi connectivity index (χ3n) is 10.7. The first-order valence-corrected chi connectivity index (χ1v) is 17.2. The van der Waals surface area contributed by atoms with Crippen LogP contribution in [-0.2, 0) is 0 Å². The fourth-order valence-electron chi connectivity index (χ4n) is 8.53. The largest absolute Gasteiger partial charge is 0.461 e. The van der Waals surface area contributed by atoms with Crippen molar-refractivity contribution in [1.29, 1.82) is 0 Å². The zero-order chi connectivity index (χ0) is 30.6. The number of halogens is 4. The van der Waals surface area contributed by atoms with E-state index in [9.17, 15) is 4.39 Å². The minimum absolute atomic E-state index is 0.0711. The number of thiophene rings is 1. The van der Waals surface area contributed by atoms with Crippen LogP contribution in [0.1, 0.15) is 56.4 Å². The van der Waals surface area contributed by atoms with Gasteiger partial charge in [0, 0.05) is 54.5 Å². The Morgan fingerprint density at radius 2 is 1.91 bits per heavy atom. The monoisotopic (exact) mass is 654 g/mol. The van der Waals surface area contributed by atoms with Crippen LogP contribution in [0, 0.1) is 11.6 Å². The standard InChI is InChI=1S/C33H34ClF3N6OS/c34-22-10-21-28(27(37)25(22)20-6-7-23(36)29-26(20)24(16-2-3-16)30(38)45-29)40-32(41-31(21)42-13-18-4-5-19(14-42)39-18)44-15-33-8-1-9-43(33)12-17(35)11-33/h6-7,10,16-19,39H,1-5,8-9,11-15,38H2/t17-,18?,19?,33?/m1/s1. The number of nitrogens with one attached hydrogen (secondary N) is 1. The molecule has 1 saturated carbocycles. The lowest BCUT2D eigenvalue weighted by Crippen LogP contribution is -2.51. The molecule has 2 bridgehead atoms. The Kier molecular flexibility index (Phi) is 6.51. The summed E-state index contributed by atoms with van der Waals surface area (Å²) in [6, 6.07) is 5.40. The number of aromatic nitrogens is 2. The van der Waals surface area contributed by atoms with Gasteiger partial charge in [-0.25, -0.2) is 13.2 Å². The van der Waals surface area contributed by atoms with E-state index in [0.29, 0.717) is 56.9 Å². The number of rotatable bonds is 6. The Bertz CT molecular complexity index is 1860. The van der Waals surface area contributed by atoms with Gasteiger partial charge in [-0.05, 0) is 74.2 Å². The normalized spacial score (nSPS) is 28.1. The second kappa shape index (κ2) is 10.3. The smallest absolute Gasteiger partial charge is 0.319 e. The SMILES string of the molecule is Nc1sc2c(F)ccc(-c3c(Cl)cc4c(N5CC6CCC(C5)N6)nc(OCC56CCCN5C[C@H](F)C6)nc4c3F)c2c1C1CC1. The first-order chi connectivity index (χ1) is 21.8. The molecule has 9 rings (SSSR count). The van der Waals surface area contributed by atoms with E-state index in [-0.39, 0.29) is 40.5 Å². The van der Waals surface area contributed by atoms with E-state index in [1.165, 1.54) is 17.4 Å². The summed E-state index contributed by atoms with van der Waals surface area (Å²) in [6.45, 7) is 2.94. The fourth-order valence-corrected chi connectivity index (χ4v) is 9.91. The van der Waals surface area contributed by atoms with Crippen LogP contribution >= 0.6 is 22.9 Å². The number of nitrogens with two attached hydrogens (primary N) is 1. The Balaban J connectivity index is 1.20. The Morgan fingerprint density at radius 1 is 1.11 bits per heavy atom. The molecule has 236 valence electrons. The highest BCUT2D eigenvalue weighted by Crippen LogP contribution is 2.53. The lowest BCUT2D eigenvalue weighted by Gasteiger charge is -2.34. The molecule has 3 N–H and O–H groups in total. The molecular weight excluding hydrogens is 621 g/mol. The van der Waals surface area contributed by atoms with Crippen molar-refractivity contribution in [3.8, 4) is 17.1 Å². The number of piperazine rings is 1. The van der Waals surface area contributed by atoms with Crippen molar-refractivity contribution in [2.75, 3.05) is 43.4 Å². The van der Waals surface area contributed by atoms with Crippen LogP contribution < -0.4 is 20.7 Å². The van der Waals surface area contributed by atoms with E-state index in [0.717, 1.165) is 63.7 Å². The lowest BCUT2D eigenvalue weighted by molar-refractivity contribution is 0.107. The molecule has 4 atom stereocenters. The first-order valence-electron chi connectivity index (χ1n) is 16.0. The number of hydrogen-bond acceptors (Lipinski definition) is 8. The van der Waals surface area contributed by atoms with Gasteiger partial charge in [-0.15, -0.1) is 11.3 Å². The van der Waals surface area contributed by atoms with Gasteiger partial charge < -0.3 is 20.7 Å². The van der Waals surface area contributed by atoms with Gasteiger partial charge in [-0.1, -0.05) is 17.7 Å². The minimum Gasteiger partial charge on any atom is -0.461 e. The van der Waals surface area contributed by atoms with Crippen LogP contribution in [-0.4, -0.2) is 71.4 Å². The maximum absolute atomic E-state index is 17.1. The van der Waals surface area contributed by atoms with Crippen LogP contribution in [0.4, 0.5) is 24.0 Å². The van der Waals surface area contributed by atoms with Crippen LogP contribution in [0.2, 0.25) is 5.02 Å². The number of alkyl halides is 1. The van der Waals surface area contributed by atoms with Crippen LogP contribution in [0.25, 0.3) is 32.1 Å². The molecule has 4 aromatic rings. The van der Waals surface area contributed by atoms with E-state index in [2.05, 4.69) is 20.1 Å². The number of nitrogens with zero attached hydrogens (tertiary/aromatic N) is 4. The number of benzene rings is 2. The Labute approximate surface area is 267 Å². The summed E-state index contributed by atoms with van der Waals surface area (Å²) < 4.78 is 53.3. The molecule has 0 spiro atoms. The molecule has 6 heterocycles. The molecule has 0 amide bonds. The van der Waals surface area contributed by atoms with E-state index < -0.39 is 17.5 Å². The molecule has 5 aliphatic rings. The van der Waals surface area contributed by atoms with Gasteiger partial charge in [-0.2, -0.15) is 9.97 Å². The Morgan fingerprint density at radius 3 is 2.69 bits per heavy atom. The Hall–Kier alpha value is -2.86. The van der Waals surface area contributed by atoms with Gasteiger partial charge in [0.2, 0.25) is 0 Å². The van der Waals surface area contributed by atoms with Gasteiger partial charge in [0.05, 0.1) is 20.3 Å². The number of anilines is 2. The molecule has 2 aromatic heterocycles. The third kappa shape index (κ3) is 4.52. The molecule has 45 heavy (non-hydrogen) atoms. The van der Waals surface area contributed by atoms with Crippen molar-refractivity contribution in [3.05, 3.63) is 40.4 Å². The number of fused-ring (bicyclic) bond motifs is 5. The highest BCUT2D eigenvalue weighted by atomic mass is 35.5.